The molecule has 0 aliphatic carbocycles. The summed E-state index contributed by atoms with van der Waals surface area (Å²) >= 11 is 0. The lowest BCUT2D eigenvalue weighted by Gasteiger charge is -2.12. The molecule has 4 nitrogen and oxygen atoms in total. The Morgan fingerprint density at radius 1 is 0.889 bits per heavy atom. The van der Waals surface area contributed by atoms with Crippen LogP contribution in [0.1, 0.15) is 45.7 Å². The fourth-order valence-corrected chi connectivity index (χ4v) is 1.91. The van der Waals surface area contributed by atoms with Crippen molar-refractivity contribution < 1.29 is 19.1 Å². The second-order valence-corrected chi connectivity index (χ2v) is 3.86. The summed E-state index contributed by atoms with van der Waals surface area (Å²) in [4.78, 5) is 23.4. The topological polar surface area (TPSA) is 52.6 Å². The van der Waals surface area contributed by atoms with Gasteiger partial charge in [0.05, 0.1) is 25.3 Å². The van der Waals surface area contributed by atoms with E-state index < -0.39 is 11.9 Å². The highest BCUT2D eigenvalue weighted by Gasteiger charge is 2.20. The predicted molar refractivity (Wildman–Crippen MR) is 67.9 cm³/mol. The van der Waals surface area contributed by atoms with Crippen molar-refractivity contribution in [2.24, 2.45) is 0 Å². The van der Waals surface area contributed by atoms with Crippen LogP contribution in [0.3, 0.4) is 0 Å². The zero-order valence-electron chi connectivity index (χ0n) is 11.2. The number of hydrogen-bond acceptors (Lipinski definition) is 4. The minimum Gasteiger partial charge on any atom is -0.465 e. The Morgan fingerprint density at radius 2 is 1.22 bits per heavy atom. The molecule has 0 bridgehead atoms. The van der Waals surface area contributed by atoms with Crippen LogP contribution >= 0.6 is 0 Å². The molecule has 0 saturated carbocycles. The van der Waals surface area contributed by atoms with E-state index in [-0.39, 0.29) is 11.1 Å². The van der Waals surface area contributed by atoms with Crippen LogP contribution in [0.2, 0.25) is 0 Å². The van der Waals surface area contributed by atoms with Crippen molar-refractivity contribution in [3.63, 3.8) is 0 Å². The number of rotatable bonds is 4. The van der Waals surface area contributed by atoms with E-state index in [4.69, 9.17) is 9.47 Å². The molecule has 0 amide bonds. The molecule has 0 N–H and O–H groups in total. The van der Waals surface area contributed by atoms with Crippen LogP contribution in [-0.2, 0) is 22.3 Å². The molecule has 1 aromatic rings. The number of ether oxygens (including phenoxy) is 2. The van der Waals surface area contributed by atoms with Gasteiger partial charge in [0.2, 0.25) is 0 Å². The summed E-state index contributed by atoms with van der Waals surface area (Å²) in [6.07, 6.45) is 1.60. The minimum atomic E-state index is -0.521. The fraction of sp³-hybridized carbons (Fsp3) is 0.429. The molecule has 4 heteroatoms. The van der Waals surface area contributed by atoms with E-state index in [2.05, 4.69) is 0 Å². The van der Waals surface area contributed by atoms with Crippen molar-refractivity contribution in [3.8, 4) is 0 Å². The van der Waals surface area contributed by atoms with Gasteiger partial charge in [0.1, 0.15) is 0 Å². The molecule has 0 aliphatic heterocycles. The maximum absolute atomic E-state index is 11.7. The first-order valence-corrected chi connectivity index (χ1v) is 5.91. The highest BCUT2D eigenvalue weighted by molar-refractivity contribution is 6.03. The standard InChI is InChI=1S/C14H18O4/c1-5-9-7-11(13(15)17-3)12(14(16)18-4)8-10(9)6-2/h7-8H,5-6H2,1-4H3. The molecule has 0 aliphatic rings. The minimum absolute atomic E-state index is 0.262. The molecule has 98 valence electrons. The first-order valence-electron chi connectivity index (χ1n) is 5.91. The van der Waals surface area contributed by atoms with Crippen LogP contribution in [0.4, 0.5) is 0 Å². The maximum Gasteiger partial charge on any atom is 0.338 e. The van der Waals surface area contributed by atoms with Gasteiger partial charge in [-0.25, -0.2) is 9.59 Å². The Morgan fingerprint density at radius 3 is 1.44 bits per heavy atom. The van der Waals surface area contributed by atoms with E-state index >= 15 is 0 Å². The molecular formula is C14H18O4. The van der Waals surface area contributed by atoms with E-state index in [0.717, 1.165) is 24.0 Å². The second kappa shape index (κ2) is 6.19. The van der Waals surface area contributed by atoms with Gasteiger partial charge in [0, 0.05) is 0 Å². The van der Waals surface area contributed by atoms with Crippen molar-refractivity contribution >= 4 is 11.9 Å². The predicted octanol–water partition coefficient (Wildman–Crippen LogP) is 2.38. The van der Waals surface area contributed by atoms with Crippen molar-refractivity contribution in [3.05, 3.63) is 34.4 Å². The fourth-order valence-electron chi connectivity index (χ4n) is 1.91. The number of carbonyl (C=O) groups excluding carboxylic acids is 2. The highest BCUT2D eigenvalue weighted by Crippen LogP contribution is 2.20. The van der Waals surface area contributed by atoms with Crippen molar-refractivity contribution in [2.75, 3.05) is 14.2 Å². The monoisotopic (exact) mass is 250 g/mol. The molecule has 0 unspecified atom stereocenters. The molecule has 1 aromatic carbocycles. The van der Waals surface area contributed by atoms with Crippen LogP contribution in [0.15, 0.2) is 12.1 Å². The lowest BCUT2D eigenvalue weighted by atomic mass is 9.95. The van der Waals surface area contributed by atoms with Gasteiger partial charge in [-0.15, -0.1) is 0 Å². The molecule has 0 fully saturated rings. The quantitative estimate of drug-likeness (QED) is 0.770. The van der Waals surface area contributed by atoms with E-state index in [1.54, 1.807) is 12.1 Å². The molecule has 0 spiro atoms. The number of carbonyl (C=O) groups is 2. The van der Waals surface area contributed by atoms with Crippen molar-refractivity contribution in [1.29, 1.82) is 0 Å². The zero-order chi connectivity index (χ0) is 13.7. The second-order valence-electron chi connectivity index (χ2n) is 3.86. The summed E-state index contributed by atoms with van der Waals surface area (Å²) in [5.74, 6) is -1.04. The summed E-state index contributed by atoms with van der Waals surface area (Å²) in [7, 11) is 2.59. The first-order chi connectivity index (χ1) is 8.58. The Kier molecular flexibility index (Phi) is 4.89. The van der Waals surface area contributed by atoms with Gasteiger partial charge < -0.3 is 9.47 Å². The summed E-state index contributed by atoms with van der Waals surface area (Å²) in [5.41, 5.74) is 2.62. The third kappa shape index (κ3) is 2.70. The van der Waals surface area contributed by atoms with E-state index in [1.165, 1.54) is 14.2 Å². The summed E-state index contributed by atoms with van der Waals surface area (Å²) in [6.45, 7) is 4.01. The van der Waals surface area contributed by atoms with Crippen molar-refractivity contribution in [2.45, 2.75) is 26.7 Å². The lowest BCUT2D eigenvalue weighted by Crippen LogP contribution is -2.13. The van der Waals surface area contributed by atoms with Gasteiger partial charge >= 0.3 is 11.9 Å². The lowest BCUT2D eigenvalue weighted by molar-refractivity contribution is 0.0555. The maximum atomic E-state index is 11.7. The summed E-state index contributed by atoms with van der Waals surface area (Å²) in [6, 6.07) is 3.44. The van der Waals surface area contributed by atoms with Gasteiger partial charge in [-0.2, -0.15) is 0 Å². The average Bonchev–Trinajstić information content (AvgIpc) is 2.43. The van der Waals surface area contributed by atoms with E-state index in [9.17, 15) is 9.59 Å². The van der Waals surface area contributed by atoms with Crippen LogP contribution in [-0.4, -0.2) is 26.2 Å². The Labute approximate surface area is 107 Å². The number of benzene rings is 1. The molecule has 0 aromatic heterocycles. The average molecular weight is 250 g/mol. The van der Waals surface area contributed by atoms with E-state index in [1.807, 2.05) is 13.8 Å². The van der Waals surface area contributed by atoms with Gasteiger partial charge in [-0.05, 0) is 36.1 Å². The first kappa shape index (κ1) is 14.2. The molecule has 0 atom stereocenters. The molecule has 18 heavy (non-hydrogen) atoms. The number of hydrogen-bond donors (Lipinski definition) is 0. The summed E-state index contributed by atoms with van der Waals surface area (Å²) < 4.78 is 9.40. The molecule has 0 heterocycles. The zero-order valence-corrected chi connectivity index (χ0v) is 11.2. The molecule has 0 saturated heterocycles. The SMILES string of the molecule is CCc1cc(C(=O)OC)c(C(=O)OC)cc1CC. The van der Waals surface area contributed by atoms with Crippen LogP contribution in [0.5, 0.6) is 0 Å². The molecule has 0 radical (unpaired) electrons. The van der Waals surface area contributed by atoms with Crippen molar-refractivity contribution in [1.82, 2.24) is 0 Å². The Bertz CT molecular complexity index is 420. The number of methoxy groups -OCH3 is 2. The van der Waals surface area contributed by atoms with Gasteiger partial charge in [0.25, 0.3) is 0 Å². The third-order valence-corrected chi connectivity index (χ3v) is 2.91. The molecule has 1 rings (SSSR count). The van der Waals surface area contributed by atoms with Crippen LogP contribution in [0, 0.1) is 0 Å². The van der Waals surface area contributed by atoms with Gasteiger partial charge in [-0.3, -0.25) is 0 Å². The Hall–Kier alpha value is -1.84. The number of esters is 2. The number of aryl methyl sites for hydroxylation is 2. The van der Waals surface area contributed by atoms with Crippen LogP contribution < -0.4 is 0 Å². The summed E-state index contributed by atoms with van der Waals surface area (Å²) in [5, 5.41) is 0. The molecular weight excluding hydrogens is 232 g/mol. The van der Waals surface area contributed by atoms with E-state index in [0.29, 0.717) is 0 Å². The smallest absolute Gasteiger partial charge is 0.338 e. The largest absolute Gasteiger partial charge is 0.465 e. The van der Waals surface area contributed by atoms with Crippen LogP contribution in [0.25, 0.3) is 0 Å². The Balaban J connectivity index is 3.45. The normalized spacial score (nSPS) is 10.0. The van der Waals surface area contributed by atoms with Gasteiger partial charge in [-0.1, -0.05) is 13.8 Å². The van der Waals surface area contributed by atoms with Gasteiger partial charge in [0.15, 0.2) is 0 Å². The highest BCUT2D eigenvalue weighted by atomic mass is 16.5. The third-order valence-electron chi connectivity index (χ3n) is 2.91.